The van der Waals surface area contributed by atoms with Gasteiger partial charge in [-0.25, -0.2) is 0 Å². The Labute approximate surface area is 103 Å². The van der Waals surface area contributed by atoms with Crippen LogP contribution in [-0.4, -0.2) is 36.2 Å². The minimum Gasteiger partial charge on any atom is -0.392 e. The van der Waals surface area contributed by atoms with Crippen LogP contribution in [0.4, 0.5) is 0 Å². The molecule has 1 aliphatic heterocycles. The Balaban J connectivity index is 1.81. The summed E-state index contributed by atoms with van der Waals surface area (Å²) in [4.78, 5) is 11.9. The van der Waals surface area contributed by atoms with Crippen molar-refractivity contribution in [2.45, 2.75) is 57.6 Å². The van der Waals surface area contributed by atoms with E-state index in [2.05, 4.69) is 17.6 Å². The number of aliphatic hydroxyl groups is 1. The van der Waals surface area contributed by atoms with Crippen molar-refractivity contribution in [3.05, 3.63) is 0 Å². The maximum absolute atomic E-state index is 11.9. The van der Waals surface area contributed by atoms with Crippen molar-refractivity contribution in [3.63, 3.8) is 0 Å². The molecule has 3 N–H and O–H groups in total. The highest BCUT2D eigenvalue weighted by molar-refractivity contribution is 5.82. The quantitative estimate of drug-likeness (QED) is 0.683. The monoisotopic (exact) mass is 240 g/mol. The van der Waals surface area contributed by atoms with Gasteiger partial charge in [-0.1, -0.05) is 19.8 Å². The number of hydrogen-bond donors (Lipinski definition) is 3. The molecule has 1 heterocycles. The van der Waals surface area contributed by atoms with E-state index < -0.39 is 0 Å². The van der Waals surface area contributed by atoms with Gasteiger partial charge in [0.15, 0.2) is 0 Å². The Morgan fingerprint density at radius 2 is 2.24 bits per heavy atom. The van der Waals surface area contributed by atoms with E-state index in [0.717, 1.165) is 45.1 Å². The first-order chi connectivity index (χ1) is 8.12. The fraction of sp³-hybridized carbons (Fsp3) is 0.923. The summed E-state index contributed by atoms with van der Waals surface area (Å²) >= 11 is 0. The second-order valence-corrected chi connectivity index (χ2v) is 5.78. The van der Waals surface area contributed by atoms with Crippen LogP contribution in [0.2, 0.25) is 0 Å². The SMILES string of the molecule is CC1(CNC(=O)C2CCCN2)CCCCC1O. The summed E-state index contributed by atoms with van der Waals surface area (Å²) in [5.41, 5.74) is -0.132. The first-order valence-electron chi connectivity index (χ1n) is 6.81. The molecule has 3 atom stereocenters. The van der Waals surface area contributed by atoms with Crippen LogP contribution in [0.3, 0.4) is 0 Å². The van der Waals surface area contributed by atoms with E-state index in [1.807, 2.05) is 0 Å². The number of carbonyl (C=O) groups excluding carboxylic acids is 1. The van der Waals surface area contributed by atoms with Gasteiger partial charge >= 0.3 is 0 Å². The van der Waals surface area contributed by atoms with Crippen LogP contribution >= 0.6 is 0 Å². The molecule has 98 valence electrons. The number of hydrogen-bond acceptors (Lipinski definition) is 3. The normalized spacial score (nSPS) is 38.0. The number of rotatable bonds is 3. The molecule has 4 nitrogen and oxygen atoms in total. The van der Waals surface area contributed by atoms with Crippen LogP contribution in [0.5, 0.6) is 0 Å². The third-order valence-electron chi connectivity index (χ3n) is 4.32. The summed E-state index contributed by atoms with van der Waals surface area (Å²) in [6.45, 7) is 3.63. The van der Waals surface area contributed by atoms with Crippen molar-refractivity contribution < 1.29 is 9.90 Å². The maximum atomic E-state index is 11.9. The van der Waals surface area contributed by atoms with Crippen LogP contribution in [-0.2, 0) is 4.79 Å². The highest BCUT2D eigenvalue weighted by atomic mass is 16.3. The molecule has 2 aliphatic rings. The molecule has 0 spiro atoms. The summed E-state index contributed by atoms with van der Waals surface area (Å²) in [6.07, 6.45) is 5.89. The van der Waals surface area contributed by atoms with Crippen LogP contribution in [0.25, 0.3) is 0 Å². The Morgan fingerprint density at radius 3 is 2.88 bits per heavy atom. The average molecular weight is 240 g/mol. The van der Waals surface area contributed by atoms with Crippen molar-refractivity contribution in [2.75, 3.05) is 13.1 Å². The van der Waals surface area contributed by atoms with Crippen LogP contribution in [0.1, 0.15) is 45.4 Å². The molecule has 0 bridgehead atoms. The zero-order chi connectivity index (χ0) is 12.3. The second-order valence-electron chi connectivity index (χ2n) is 5.78. The van der Waals surface area contributed by atoms with Crippen molar-refractivity contribution in [2.24, 2.45) is 5.41 Å². The van der Waals surface area contributed by atoms with Gasteiger partial charge in [0, 0.05) is 12.0 Å². The maximum Gasteiger partial charge on any atom is 0.237 e. The molecule has 1 saturated heterocycles. The highest BCUT2D eigenvalue weighted by Crippen LogP contribution is 2.35. The zero-order valence-electron chi connectivity index (χ0n) is 10.7. The van der Waals surface area contributed by atoms with E-state index >= 15 is 0 Å². The molecular weight excluding hydrogens is 216 g/mol. The molecule has 4 heteroatoms. The van der Waals surface area contributed by atoms with Crippen LogP contribution in [0, 0.1) is 5.41 Å². The van der Waals surface area contributed by atoms with Crippen LogP contribution in [0.15, 0.2) is 0 Å². The van der Waals surface area contributed by atoms with Crippen molar-refractivity contribution in [1.29, 1.82) is 0 Å². The fourth-order valence-corrected chi connectivity index (χ4v) is 2.91. The van der Waals surface area contributed by atoms with Gasteiger partial charge in [-0.05, 0) is 32.2 Å². The van der Waals surface area contributed by atoms with Crippen molar-refractivity contribution in [1.82, 2.24) is 10.6 Å². The third-order valence-corrected chi connectivity index (χ3v) is 4.32. The predicted octanol–water partition coefficient (Wildman–Crippen LogP) is 0.796. The lowest BCUT2D eigenvalue weighted by atomic mass is 9.73. The molecule has 2 rings (SSSR count). The van der Waals surface area contributed by atoms with E-state index in [9.17, 15) is 9.90 Å². The largest absolute Gasteiger partial charge is 0.392 e. The first kappa shape index (κ1) is 12.8. The number of carbonyl (C=O) groups is 1. The highest BCUT2D eigenvalue weighted by Gasteiger charge is 2.36. The molecule has 3 unspecified atom stereocenters. The van der Waals surface area contributed by atoms with Gasteiger partial charge in [0.05, 0.1) is 12.1 Å². The minimum atomic E-state index is -0.270. The Hall–Kier alpha value is -0.610. The molecule has 1 amide bonds. The second kappa shape index (κ2) is 5.36. The molecule has 0 radical (unpaired) electrons. The summed E-state index contributed by atoms with van der Waals surface area (Å²) in [5.74, 6) is 0.0986. The lowest BCUT2D eigenvalue weighted by molar-refractivity contribution is -0.124. The number of nitrogens with one attached hydrogen (secondary N) is 2. The summed E-state index contributed by atoms with van der Waals surface area (Å²) in [6, 6.07) is -0.0145. The molecule has 1 saturated carbocycles. The van der Waals surface area contributed by atoms with Gasteiger partial charge < -0.3 is 15.7 Å². The topological polar surface area (TPSA) is 61.4 Å². The van der Waals surface area contributed by atoms with Gasteiger partial charge in [-0.15, -0.1) is 0 Å². The van der Waals surface area contributed by atoms with Crippen molar-refractivity contribution >= 4 is 5.91 Å². The van der Waals surface area contributed by atoms with E-state index in [4.69, 9.17) is 0 Å². The average Bonchev–Trinajstić information content (AvgIpc) is 2.84. The Morgan fingerprint density at radius 1 is 1.41 bits per heavy atom. The van der Waals surface area contributed by atoms with Gasteiger partial charge in [0.1, 0.15) is 0 Å². The van der Waals surface area contributed by atoms with Gasteiger partial charge in [0.2, 0.25) is 5.91 Å². The molecule has 0 aromatic heterocycles. The molecule has 17 heavy (non-hydrogen) atoms. The van der Waals surface area contributed by atoms with E-state index in [1.54, 1.807) is 0 Å². The molecular formula is C13H24N2O2. The first-order valence-corrected chi connectivity index (χ1v) is 6.81. The summed E-state index contributed by atoms with van der Waals surface area (Å²) < 4.78 is 0. The lowest BCUT2D eigenvalue weighted by Gasteiger charge is -2.38. The predicted molar refractivity (Wildman–Crippen MR) is 66.6 cm³/mol. The smallest absolute Gasteiger partial charge is 0.237 e. The van der Waals surface area contributed by atoms with Crippen LogP contribution < -0.4 is 10.6 Å². The summed E-state index contributed by atoms with van der Waals surface area (Å²) in [5, 5.41) is 16.2. The summed E-state index contributed by atoms with van der Waals surface area (Å²) in [7, 11) is 0. The van der Waals surface area contributed by atoms with E-state index in [0.29, 0.717) is 6.54 Å². The Kier molecular flexibility index (Phi) is 4.05. The fourth-order valence-electron chi connectivity index (χ4n) is 2.91. The van der Waals surface area contributed by atoms with Crippen molar-refractivity contribution in [3.8, 4) is 0 Å². The lowest BCUT2D eigenvalue weighted by Crippen LogP contribution is -2.49. The molecule has 1 aliphatic carbocycles. The van der Waals surface area contributed by atoms with E-state index in [1.165, 1.54) is 0 Å². The van der Waals surface area contributed by atoms with Gasteiger partial charge in [-0.2, -0.15) is 0 Å². The third kappa shape index (κ3) is 2.99. The Bertz CT molecular complexity index is 277. The standard InChI is InChI=1S/C13H24N2O2/c1-13(7-3-2-6-11(13)16)9-15-12(17)10-5-4-8-14-10/h10-11,14,16H,2-9H2,1H3,(H,15,17). The molecule has 0 aromatic rings. The zero-order valence-corrected chi connectivity index (χ0v) is 10.7. The van der Waals surface area contributed by atoms with Gasteiger partial charge in [0.25, 0.3) is 0 Å². The van der Waals surface area contributed by atoms with E-state index in [-0.39, 0.29) is 23.5 Å². The molecule has 2 fully saturated rings. The minimum absolute atomic E-state index is 0.0145. The molecule has 0 aromatic carbocycles. The van der Waals surface area contributed by atoms with Gasteiger partial charge in [-0.3, -0.25) is 4.79 Å². The number of aliphatic hydroxyl groups excluding tert-OH is 1. The number of amides is 1.